The van der Waals surface area contributed by atoms with Gasteiger partial charge in [-0.05, 0) is 37.6 Å². The quantitative estimate of drug-likeness (QED) is 0.734. The summed E-state index contributed by atoms with van der Waals surface area (Å²) in [5.41, 5.74) is 2.79. The third-order valence-corrected chi connectivity index (χ3v) is 3.94. The number of hydrogen-bond acceptors (Lipinski definition) is 6. The fraction of sp³-hybridized carbons (Fsp3) is 0.353. The van der Waals surface area contributed by atoms with E-state index in [0.717, 1.165) is 17.0 Å². The van der Waals surface area contributed by atoms with Crippen LogP contribution in [-0.4, -0.2) is 26.5 Å². The largest absolute Gasteiger partial charge is 0.494 e. The van der Waals surface area contributed by atoms with Gasteiger partial charge in [0.1, 0.15) is 11.9 Å². The van der Waals surface area contributed by atoms with Crippen LogP contribution in [0.25, 0.3) is 11.6 Å². The molecule has 0 aliphatic carbocycles. The minimum Gasteiger partial charge on any atom is -0.494 e. The van der Waals surface area contributed by atoms with Gasteiger partial charge in [0.05, 0.1) is 25.5 Å². The summed E-state index contributed by atoms with van der Waals surface area (Å²) in [6, 6.07) is 9.93. The summed E-state index contributed by atoms with van der Waals surface area (Å²) < 4.78 is 18.6. The Labute approximate surface area is 139 Å². The molecule has 0 amide bonds. The summed E-state index contributed by atoms with van der Waals surface area (Å²) in [5, 5.41) is 8.38. The Morgan fingerprint density at radius 3 is 2.83 bits per heavy atom. The van der Waals surface area contributed by atoms with Crippen molar-refractivity contribution in [2.45, 2.75) is 33.1 Å². The van der Waals surface area contributed by atoms with Crippen LogP contribution in [0.4, 0.5) is 0 Å². The van der Waals surface area contributed by atoms with Gasteiger partial charge in [0.2, 0.25) is 0 Å². The van der Waals surface area contributed by atoms with E-state index in [-0.39, 0.29) is 6.10 Å². The lowest BCUT2D eigenvalue weighted by atomic mass is 10.1. The monoisotopic (exact) mass is 326 g/mol. The average molecular weight is 326 g/mol. The Kier molecular flexibility index (Phi) is 3.78. The molecule has 0 fully saturated rings. The molecule has 0 N–H and O–H groups in total. The number of benzene rings is 1. The molecule has 4 rings (SSSR count). The van der Waals surface area contributed by atoms with E-state index in [1.807, 2.05) is 41.9 Å². The molecule has 0 radical (unpaired) electrons. The van der Waals surface area contributed by atoms with Gasteiger partial charge in [0.15, 0.2) is 11.5 Å². The first kappa shape index (κ1) is 14.9. The van der Waals surface area contributed by atoms with Crippen molar-refractivity contribution in [2.24, 2.45) is 0 Å². The van der Waals surface area contributed by atoms with Crippen LogP contribution in [0, 0.1) is 6.92 Å². The Morgan fingerprint density at radius 1 is 1.29 bits per heavy atom. The third kappa shape index (κ3) is 2.78. The van der Waals surface area contributed by atoms with E-state index < -0.39 is 0 Å². The van der Waals surface area contributed by atoms with Crippen LogP contribution in [0.15, 0.2) is 34.9 Å². The molecule has 3 heterocycles. The normalized spacial score (nSPS) is 16.8. The van der Waals surface area contributed by atoms with Gasteiger partial charge < -0.3 is 14.0 Å². The number of rotatable bonds is 4. The number of nitrogens with zero attached hydrogens (tertiary/aromatic N) is 4. The van der Waals surface area contributed by atoms with Gasteiger partial charge in [0, 0.05) is 0 Å². The maximum absolute atomic E-state index is 5.98. The molecule has 24 heavy (non-hydrogen) atoms. The van der Waals surface area contributed by atoms with Crippen LogP contribution in [0.5, 0.6) is 5.75 Å². The minimum atomic E-state index is -0.0367. The zero-order chi connectivity index (χ0) is 16.5. The topological polar surface area (TPSA) is 75.2 Å². The van der Waals surface area contributed by atoms with E-state index in [9.17, 15) is 0 Å². The lowest BCUT2D eigenvalue weighted by Gasteiger charge is -2.24. The highest BCUT2D eigenvalue weighted by atomic mass is 16.5. The highest BCUT2D eigenvalue weighted by Gasteiger charge is 2.24. The molecule has 1 aliphatic heterocycles. The maximum Gasteiger partial charge on any atom is 0.278 e. The molecular formula is C17H18N4O3. The molecule has 1 aliphatic rings. The molecule has 0 saturated carbocycles. The van der Waals surface area contributed by atoms with E-state index in [0.29, 0.717) is 37.2 Å². The minimum absolute atomic E-state index is 0.0367. The third-order valence-electron chi connectivity index (χ3n) is 3.94. The smallest absolute Gasteiger partial charge is 0.278 e. The first-order valence-electron chi connectivity index (χ1n) is 7.94. The maximum atomic E-state index is 5.98. The molecule has 0 saturated heterocycles. The van der Waals surface area contributed by atoms with Crippen molar-refractivity contribution in [2.75, 3.05) is 6.61 Å². The van der Waals surface area contributed by atoms with Crippen LogP contribution < -0.4 is 4.74 Å². The molecule has 7 heteroatoms. The SMILES string of the molecule is CCOc1ccc(C2Cn3nc(-c4nc(C)no4)cc3CO2)cc1. The van der Waals surface area contributed by atoms with Gasteiger partial charge in [-0.3, -0.25) is 4.68 Å². The molecule has 0 spiro atoms. The van der Waals surface area contributed by atoms with Gasteiger partial charge in [-0.25, -0.2) is 0 Å². The molecule has 0 bridgehead atoms. The number of fused-ring (bicyclic) bond motifs is 1. The van der Waals surface area contributed by atoms with Crippen molar-refractivity contribution in [3.8, 4) is 17.3 Å². The van der Waals surface area contributed by atoms with Crippen LogP contribution in [0.1, 0.15) is 30.1 Å². The van der Waals surface area contributed by atoms with Crippen molar-refractivity contribution in [3.63, 3.8) is 0 Å². The van der Waals surface area contributed by atoms with E-state index in [1.54, 1.807) is 6.92 Å². The summed E-state index contributed by atoms with van der Waals surface area (Å²) >= 11 is 0. The van der Waals surface area contributed by atoms with Crippen molar-refractivity contribution >= 4 is 0 Å². The summed E-state index contributed by atoms with van der Waals surface area (Å²) in [6.07, 6.45) is -0.0367. The average Bonchev–Trinajstić information content (AvgIpc) is 3.21. The lowest BCUT2D eigenvalue weighted by Crippen LogP contribution is -2.21. The number of hydrogen-bond donors (Lipinski definition) is 0. The van der Waals surface area contributed by atoms with Crippen LogP contribution in [0.3, 0.4) is 0 Å². The fourth-order valence-electron chi connectivity index (χ4n) is 2.78. The van der Waals surface area contributed by atoms with Crippen LogP contribution >= 0.6 is 0 Å². The van der Waals surface area contributed by atoms with Gasteiger partial charge in [-0.15, -0.1) is 0 Å². The predicted octanol–water partition coefficient (Wildman–Crippen LogP) is 2.91. The second kappa shape index (κ2) is 6.09. The summed E-state index contributed by atoms with van der Waals surface area (Å²) in [7, 11) is 0. The zero-order valence-electron chi connectivity index (χ0n) is 13.6. The Bertz CT molecular complexity index is 838. The van der Waals surface area contributed by atoms with Crippen molar-refractivity contribution in [1.29, 1.82) is 0 Å². The molecule has 3 aromatic rings. The summed E-state index contributed by atoms with van der Waals surface area (Å²) in [6.45, 7) is 5.57. The number of ether oxygens (including phenoxy) is 2. The van der Waals surface area contributed by atoms with Crippen molar-refractivity contribution in [3.05, 3.63) is 47.4 Å². The molecule has 7 nitrogen and oxygen atoms in total. The standard InChI is InChI=1S/C17H18N4O3/c1-3-22-14-6-4-12(5-7-14)16-9-21-13(10-23-16)8-15(19-21)17-18-11(2)20-24-17/h4-8,16H,3,9-10H2,1-2H3. The second-order valence-electron chi connectivity index (χ2n) is 5.65. The summed E-state index contributed by atoms with van der Waals surface area (Å²) in [5.74, 6) is 1.90. The summed E-state index contributed by atoms with van der Waals surface area (Å²) in [4.78, 5) is 4.22. The lowest BCUT2D eigenvalue weighted by molar-refractivity contribution is -0.00115. The first-order valence-corrected chi connectivity index (χ1v) is 7.94. The van der Waals surface area contributed by atoms with Gasteiger partial charge in [0.25, 0.3) is 5.89 Å². The van der Waals surface area contributed by atoms with Gasteiger partial charge >= 0.3 is 0 Å². The molecule has 124 valence electrons. The molecule has 1 atom stereocenters. The Morgan fingerprint density at radius 2 is 2.12 bits per heavy atom. The van der Waals surface area contributed by atoms with Gasteiger partial charge in [-0.2, -0.15) is 10.1 Å². The van der Waals surface area contributed by atoms with Crippen LogP contribution in [0.2, 0.25) is 0 Å². The molecule has 1 unspecified atom stereocenters. The fourth-order valence-corrected chi connectivity index (χ4v) is 2.78. The number of aromatic nitrogens is 4. The Balaban J connectivity index is 1.54. The predicted molar refractivity (Wildman–Crippen MR) is 85.4 cm³/mol. The van der Waals surface area contributed by atoms with Crippen LogP contribution in [-0.2, 0) is 17.9 Å². The van der Waals surface area contributed by atoms with Crippen molar-refractivity contribution < 1.29 is 14.0 Å². The zero-order valence-corrected chi connectivity index (χ0v) is 13.6. The van der Waals surface area contributed by atoms with E-state index >= 15 is 0 Å². The molecular weight excluding hydrogens is 308 g/mol. The van der Waals surface area contributed by atoms with E-state index in [1.165, 1.54) is 0 Å². The van der Waals surface area contributed by atoms with E-state index in [4.69, 9.17) is 14.0 Å². The van der Waals surface area contributed by atoms with E-state index in [2.05, 4.69) is 15.2 Å². The first-order chi connectivity index (χ1) is 11.7. The molecule has 1 aromatic carbocycles. The van der Waals surface area contributed by atoms with Crippen molar-refractivity contribution in [1.82, 2.24) is 19.9 Å². The van der Waals surface area contributed by atoms with Gasteiger partial charge in [-0.1, -0.05) is 17.3 Å². The Hall–Kier alpha value is -2.67. The highest BCUT2D eigenvalue weighted by Crippen LogP contribution is 2.29. The highest BCUT2D eigenvalue weighted by molar-refractivity contribution is 5.47. The second-order valence-corrected chi connectivity index (χ2v) is 5.65. The number of aryl methyl sites for hydroxylation is 1. The molecule has 2 aromatic heterocycles.